The van der Waals surface area contributed by atoms with Crippen LogP contribution in [-0.2, 0) is 6.54 Å². The number of carbonyl (C=O) groups is 1. The van der Waals surface area contributed by atoms with Gasteiger partial charge in [-0.25, -0.2) is 9.97 Å². The number of aromatic nitrogens is 2. The summed E-state index contributed by atoms with van der Waals surface area (Å²) in [5.74, 6) is 1.91. The van der Waals surface area contributed by atoms with Crippen LogP contribution in [0.15, 0.2) is 73.1 Å². The van der Waals surface area contributed by atoms with Gasteiger partial charge in [0.25, 0.3) is 5.91 Å². The molecule has 0 spiro atoms. The van der Waals surface area contributed by atoms with E-state index in [1.54, 1.807) is 11.1 Å². The Morgan fingerprint density at radius 1 is 0.862 bits per heavy atom. The van der Waals surface area contributed by atoms with Crippen LogP contribution in [0.3, 0.4) is 0 Å². The van der Waals surface area contributed by atoms with Gasteiger partial charge in [-0.2, -0.15) is 0 Å². The third kappa shape index (κ3) is 4.54. The van der Waals surface area contributed by atoms with Gasteiger partial charge in [0.15, 0.2) is 0 Å². The van der Waals surface area contributed by atoms with E-state index in [-0.39, 0.29) is 5.91 Å². The third-order valence-corrected chi connectivity index (χ3v) is 5.18. The van der Waals surface area contributed by atoms with E-state index in [9.17, 15) is 4.79 Å². The van der Waals surface area contributed by atoms with Crippen molar-refractivity contribution in [1.29, 1.82) is 0 Å². The summed E-state index contributed by atoms with van der Waals surface area (Å²) < 4.78 is 0. The van der Waals surface area contributed by atoms with Gasteiger partial charge in [0.1, 0.15) is 11.6 Å². The molecular formula is C23H25N5O. The fraction of sp³-hybridized carbons (Fsp3) is 0.261. The summed E-state index contributed by atoms with van der Waals surface area (Å²) in [6.07, 6.45) is 3.51. The van der Waals surface area contributed by atoms with Crippen molar-refractivity contribution in [3.8, 4) is 0 Å². The molecule has 1 aliphatic heterocycles. The Balaban J connectivity index is 1.35. The molecule has 1 aliphatic rings. The van der Waals surface area contributed by atoms with E-state index < -0.39 is 0 Å². The number of rotatable bonds is 5. The fourth-order valence-electron chi connectivity index (χ4n) is 3.55. The highest BCUT2D eigenvalue weighted by molar-refractivity contribution is 5.93. The zero-order valence-electron chi connectivity index (χ0n) is 16.6. The second-order valence-corrected chi connectivity index (χ2v) is 7.21. The van der Waals surface area contributed by atoms with Crippen molar-refractivity contribution in [3.05, 3.63) is 84.2 Å². The van der Waals surface area contributed by atoms with Crippen molar-refractivity contribution < 1.29 is 4.79 Å². The third-order valence-electron chi connectivity index (χ3n) is 5.18. The van der Waals surface area contributed by atoms with Crippen LogP contribution in [-0.4, -0.2) is 54.0 Å². The van der Waals surface area contributed by atoms with Gasteiger partial charge < -0.3 is 14.7 Å². The quantitative estimate of drug-likeness (QED) is 0.673. The van der Waals surface area contributed by atoms with Crippen LogP contribution >= 0.6 is 0 Å². The molecule has 4 rings (SSSR count). The van der Waals surface area contributed by atoms with Gasteiger partial charge >= 0.3 is 0 Å². The van der Waals surface area contributed by atoms with Gasteiger partial charge in [0.05, 0.1) is 5.56 Å². The van der Waals surface area contributed by atoms with Crippen LogP contribution in [0, 0.1) is 0 Å². The topological polar surface area (TPSA) is 52.6 Å². The highest BCUT2D eigenvalue weighted by atomic mass is 16.2. The number of hydrogen-bond acceptors (Lipinski definition) is 5. The number of benzene rings is 1. The first-order valence-corrected chi connectivity index (χ1v) is 9.87. The van der Waals surface area contributed by atoms with E-state index in [1.165, 1.54) is 0 Å². The lowest BCUT2D eigenvalue weighted by molar-refractivity contribution is 0.0784. The molecule has 1 fully saturated rings. The maximum atomic E-state index is 12.7. The van der Waals surface area contributed by atoms with Crippen LogP contribution in [0.4, 0.5) is 11.6 Å². The number of anilines is 2. The second-order valence-electron chi connectivity index (χ2n) is 7.21. The summed E-state index contributed by atoms with van der Waals surface area (Å²) in [6.45, 7) is 4.14. The second kappa shape index (κ2) is 8.73. The molecule has 0 unspecified atom stereocenters. The molecule has 3 aromatic rings. The van der Waals surface area contributed by atoms with Gasteiger partial charge in [-0.15, -0.1) is 0 Å². The molecule has 1 saturated heterocycles. The average Bonchev–Trinajstić information content (AvgIpc) is 2.80. The zero-order valence-corrected chi connectivity index (χ0v) is 16.6. The van der Waals surface area contributed by atoms with Crippen LogP contribution in [0.1, 0.15) is 15.9 Å². The maximum Gasteiger partial charge on any atom is 0.255 e. The Kier molecular flexibility index (Phi) is 5.70. The highest BCUT2D eigenvalue weighted by Gasteiger charge is 2.19. The van der Waals surface area contributed by atoms with E-state index >= 15 is 0 Å². The maximum absolute atomic E-state index is 12.7. The molecule has 29 heavy (non-hydrogen) atoms. The number of amides is 1. The van der Waals surface area contributed by atoms with Gasteiger partial charge in [0, 0.05) is 52.2 Å². The van der Waals surface area contributed by atoms with Gasteiger partial charge in [-0.3, -0.25) is 4.79 Å². The lowest BCUT2D eigenvalue weighted by Crippen LogP contribution is -2.47. The monoisotopic (exact) mass is 387 g/mol. The van der Waals surface area contributed by atoms with Crippen LogP contribution in [0.25, 0.3) is 0 Å². The minimum atomic E-state index is -0.0205. The first kappa shape index (κ1) is 18.9. The summed E-state index contributed by atoms with van der Waals surface area (Å²) in [5.41, 5.74) is 1.72. The van der Waals surface area contributed by atoms with Crippen molar-refractivity contribution in [3.63, 3.8) is 0 Å². The predicted molar refractivity (Wildman–Crippen MR) is 115 cm³/mol. The number of nitrogens with zero attached hydrogens (tertiary/aromatic N) is 5. The fourth-order valence-corrected chi connectivity index (χ4v) is 3.55. The number of carbonyl (C=O) groups excluding carboxylic acids is 1. The summed E-state index contributed by atoms with van der Waals surface area (Å²) in [7, 11) is 1.82. The van der Waals surface area contributed by atoms with E-state index in [0.717, 1.165) is 43.4 Å². The van der Waals surface area contributed by atoms with E-state index in [0.29, 0.717) is 12.1 Å². The Morgan fingerprint density at radius 3 is 2.10 bits per heavy atom. The van der Waals surface area contributed by atoms with Crippen LogP contribution in [0.2, 0.25) is 0 Å². The molecule has 0 aliphatic carbocycles. The number of piperazine rings is 1. The summed E-state index contributed by atoms with van der Waals surface area (Å²) in [6, 6.07) is 19.8. The Labute approximate surface area is 171 Å². The molecule has 6 nitrogen and oxygen atoms in total. The normalized spacial score (nSPS) is 14.0. The minimum absolute atomic E-state index is 0.0205. The largest absolute Gasteiger partial charge is 0.353 e. The molecule has 148 valence electrons. The van der Waals surface area contributed by atoms with Crippen molar-refractivity contribution in [2.24, 2.45) is 0 Å². The van der Waals surface area contributed by atoms with Crippen LogP contribution in [0.5, 0.6) is 0 Å². The van der Waals surface area contributed by atoms with Gasteiger partial charge in [0.2, 0.25) is 0 Å². The molecule has 6 heteroatoms. The molecule has 2 aromatic heterocycles. The zero-order chi connectivity index (χ0) is 20.1. The van der Waals surface area contributed by atoms with Gasteiger partial charge in [-0.05, 0) is 29.8 Å². The molecule has 0 radical (unpaired) electrons. The Morgan fingerprint density at radius 2 is 1.52 bits per heavy atom. The molecule has 1 amide bonds. The van der Waals surface area contributed by atoms with Crippen molar-refractivity contribution in [1.82, 2.24) is 14.9 Å². The summed E-state index contributed by atoms with van der Waals surface area (Å²) in [5, 5.41) is 0. The molecule has 1 aromatic carbocycles. The molecule has 0 atom stereocenters. The minimum Gasteiger partial charge on any atom is -0.353 e. The van der Waals surface area contributed by atoms with E-state index in [4.69, 9.17) is 0 Å². The predicted octanol–water partition coefficient (Wildman–Crippen LogP) is 3.08. The molecule has 0 bridgehead atoms. The first-order valence-electron chi connectivity index (χ1n) is 9.87. The lowest BCUT2D eigenvalue weighted by atomic mass is 10.2. The number of hydrogen-bond donors (Lipinski definition) is 0. The van der Waals surface area contributed by atoms with Gasteiger partial charge in [-0.1, -0.05) is 36.4 Å². The standard InChI is InChI=1S/C23H25N5O/c1-26(18-19-7-3-2-4-8-19)23(29)20-10-11-22(25-17-20)28-15-13-27(14-16-28)21-9-5-6-12-24-21/h2-12,17H,13-16,18H2,1H3. The van der Waals surface area contributed by atoms with E-state index in [1.807, 2.05) is 73.9 Å². The Bertz CT molecular complexity index is 923. The molecular weight excluding hydrogens is 362 g/mol. The number of pyridine rings is 2. The molecule has 3 heterocycles. The smallest absolute Gasteiger partial charge is 0.255 e. The van der Waals surface area contributed by atoms with E-state index in [2.05, 4.69) is 19.8 Å². The van der Waals surface area contributed by atoms with Crippen molar-refractivity contribution >= 4 is 17.5 Å². The van der Waals surface area contributed by atoms with Crippen molar-refractivity contribution in [2.45, 2.75) is 6.54 Å². The molecule has 0 saturated carbocycles. The highest BCUT2D eigenvalue weighted by Crippen LogP contribution is 2.18. The summed E-state index contributed by atoms with van der Waals surface area (Å²) in [4.78, 5) is 27.9. The summed E-state index contributed by atoms with van der Waals surface area (Å²) >= 11 is 0. The van der Waals surface area contributed by atoms with Crippen LogP contribution < -0.4 is 9.80 Å². The average molecular weight is 387 g/mol. The van der Waals surface area contributed by atoms with Crippen molar-refractivity contribution in [2.75, 3.05) is 43.0 Å². The first-order chi connectivity index (χ1) is 14.2. The lowest BCUT2D eigenvalue weighted by Gasteiger charge is -2.36. The Hall–Kier alpha value is -3.41. The SMILES string of the molecule is CN(Cc1ccccc1)C(=O)c1ccc(N2CCN(c3ccccn3)CC2)nc1. The molecule has 0 N–H and O–H groups in total.